The molecule has 0 bridgehead atoms. The molecule has 0 N–H and O–H groups in total. The zero-order valence-corrected chi connectivity index (χ0v) is 16.7. The third-order valence-corrected chi connectivity index (χ3v) is 5.02. The molecule has 0 saturated carbocycles. The SMILES string of the molecule is CC(C)(OC(=O)C(=O)On1ccccc1=S)[C@@H]1CCC[C@H](c2ccccc2)O1. The third-order valence-electron chi connectivity index (χ3n) is 4.70. The predicted octanol–water partition coefficient (Wildman–Crippen LogP) is 3.80. The first kappa shape index (κ1) is 20.2. The molecule has 148 valence electrons. The van der Waals surface area contributed by atoms with E-state index >= 15 is 0 Å². The lowest BCUT2D eigenvalue weighted by Crippen LogP contribution is -2.46. The second-order valence-electron chi connectivity index (χ2n) is 7.19. The summed E-state index contributed by atoms with van der Waals surface area (Å²) in [5.74, 6) is -2.22. The predicted molar refractivity (Wildman–Crippen MR) is 105 cm³/mol. The first-order valence-electron chi connectivity index (χ1n) is 9.20. The van der Waals surface area contributed by atoms with E-state index in [1.54, 1.807) is 32.0 Å². The van der Waals surface area contributed by atoms with E-state index in [0.717, 1.165) is 29.6 Å². The molecule has 1 fully saturated rings. The fourth-order valence-electron chi connectivity index (χ4n) is 3.21. The van der Waals surface area contributed by atoms with Crippen LogP contribution in [0, 0.1) is 4.64 Å². The Morgan fingerprint density at radius 1 is 1.07 bits per heavy atom. The van der Waals surface area contributed by atoms with Crippen LogP contribution in [-0.4, -0.2) is 28.4 Å². The van der Waals surface area contributed by atoms with Gasteiger partial charge in [0, 0.05) is 6.20 Å². The maximum atomic E-state index is 12.3. The van der Waals surface area contributed by atoms with Crippen molar-refractivity contribution in [1.29, 1.82) is 0 Å². The lowest BCUT2D eigenvalue weighted by molar-refractivity contribution is -0.195. The van der Waals surface area contributed by atoms with E-state index in [-0.39, 0.29) is 16.8 Å². The van der Waals surface area contributed by atoms with Gasteiger partial charge in [0.15, 0.2) is 0 Å². The van der Waals surface area contributed by atoms with Crippen molar-refractivity contribution in [2.24, 2.45) is 0 Å². The van der Waals surface area contributed by atoms with E-state index in [1.165, 1.54) is 6.20 Å². The van der Waals surface area contributed by atoms with Gasteiger partial charge in [-0.15, -0.1) is 0 Å². The van der Waals surface area contributed by atoms with Gasteiger partial charge in [-0.25, -0.2) is 9.59 Å². The number of ether oxygens (including phenoxy) is 2. The second-order valence-corrected chi connectivity index (χ2v) is 7.61. The van der Waals surface area contributed by atoms with Crippen molar-refractivity contribution < 1.29 is 23.9 Å². The molecule has 1 aliphatic heterocycles. The van der Waals surface area contributed by atoms with Crippen molar-refractivity contribution in [2.75, 3.05) is 0 Å². The number of aromatic nitrogens is 1. The first-order chi connectivity index (χ1) is 13.4. The van der Waals surface area contributed by atoms with Crippen LogP contribution in [0.1, 0.15) is 44.8 Å². The van der Waals surface area contributed by atoms with Crippen LogP contribution in [0.15, 0.2) is 54.7 Å². The van der Waals surface area contributed by atoms with Gasteiger partial charge in [-0.05, 0) is 50.8 Å². The summed E-state index contributed by atoms with van der Waals surface area (Å²) < 4.78 is 13.0. The van der Waals surface area contributed by atoms with Crippen molar-refractivity contribution in [2.45, 2.75) is 50.9 Å². The van der Waals surface area contributed by atoms with Crippen LogP contribution in [0.5, 0.6) is 0 Å². The van der Waals surface area contributed by atoms with E-state index in [9.17, 15) is 9.59 Å². The number of carbonyl (C=O) groups is 2. The van der Waals surface area contributed by atoms with E-state index in [2.05, 4.69) is 0 Å². The Morgan fingerprint density at radius 2 is 1.79 bits per heavy atom. The van der Waals surface area contributed by atoms with Gasteiger partial charge < -0.3 is 14.3 Å². The second kappa shape index (κ2) is 8.67. The molecule has 1 aromatic heterocycles. The summed E-state index contributed by atoms with van der Waals surface area (Å²) in [6, 6.07) is 14.9. The quantitative estimate of drug-likeness (QED) is 0.441. The van der Waals surface area contributed by atoms with Crippen molar-refractivity contribution in [3.05, 3.63) is 64.9 Å². The van der Waals surface area contributed by atoms with Crippen LogP contribution in [0.3, 0.4) is 0 Å². The molecular formula is C21H23NO5S. The molecular weight excluding hydrogens is 378 g/mol. The zero-order valence-electron chi connectivity index (χ0n) is 15.9. The van der Waals surface area contributed by atoms with Gasteiger partial charge in [0.05, 0.1) is 12.2 Å². The van der Waals surface area contributed by atoms with Gasteiger partial charge in [-0.3, -0.25) is 0 Å². The highest BCUT2D eigenvalue weighted by atomic mass is 32.1. The summed E-state index contributed by atoms with van der Waals surface area (Å²) >= 11 is 5.04. The molecule has 6 nitrogen and oxygen atoms in total. The van der Waals surface area contributed by atoms with Gasteiger partial charge in [-0.2, -0.15) is 4.73 Å². The normalized spacial score (nSPS) is 19.6. The molecule has 1 aromatic carbocycles. The Morgan fingerprint density at radius 3 is 2.50 bits per heavy atom. The average Bonchev–Trinajstić information content (AvgIpc) is 2.70. The van der Waals surface area contributed by atoms with Crippen molar-refractivity contribution in [3.8, 4) is 0 Å². The highest BCUT2D eigenvalue weighted by Crippen LogP contribution is 2.36. The number of carbonyl (C=O) groups excluding carboxylic acids is 2. The minimum absolute atomic E-state index is 0.0625. The summed E-state index contributed by atoms with van der Waals surface area (Å²) in [4.78, 5) is 29.4. The Kier molecular flexibility index (Phi) is 6.26. The number of esters is 1. The first-order valence-corrected chi connectivity index (χ1v) is 9.61. The van der Waals surface area contributed by atoms with Gasteiger partial charge in [0.1, 0.15) is 10.2 Å². The summed E-state index contributed by atoms with van der Waals surface area (Å²) in [6.45, 7) is 3.48. The Labute approximate surface area is 169 Å². The van der Waals surface area contributed by atoms with Crippen molar-refractivity contribution in [3.63, 3.8) is 0 Å². The summed E-state index contributed by atoms with van der Waals surface area (Å²) in [5.41, 5.74) is 0.106. The van der Waals surface area contributed by atoms with Gasteiger partial charge in [0.2, 0.25) is 0 Å². The minimum atomic E-state index is -1.13. The molecule has 0 spiro atoms. The standard InChI is InChI=1S/C21H23NO5S/c1-21(2,17-12-8-11-16(25-17)15-9-4-3-5-10-15)26-19(23)20(24)27-22-14-7-6-13-18(22)28/h3-7,9-10,13-14,16-17H,8,11-12H2,1-2H3/t16-,17+/m1/s1. The smallest absolute Gasteiger partial charge is 0.442 e. The number of hydrogen-bond donors (Lipinski definition) is 0. The molecule has 7 heteroatoms. The fourth-order valence-corrected chi connectivity index (χ4v) is 3.39. The molecule has 28 heavy (non-hydrogen) atoms. The lowest BCUT2D eigenvalue weighted by atomic mass is 9.90. The Hall–Kier alpha value is -2.51. The molecule has 3 rings (SSSR count). The Bertz CT molecular complexity index is 893. The molecule has 0 unspecified atom stereocenters. The molecule has 0 aliphatic carbocycles. The van der Waals surface area contributed by atoms with Crippen LogP contribution in [0.2, 0.25) is 0 Å². The number of nitrogens with zero attached hydrogens (tertiary/aromatic N) is 1. The highest BCUT2D eigenvalue weighted by molar-refractivity contribution is 7.71. The molecule has 1 aliphatic rings. The summed E-state index contributed by atoms with van der Waals surface area (Å²) in [7, 11) is 0. The van der Waals surface area contributed by atoms with Crippen LogP contribution < -0.4 is 4.84 Å². The molecule has 2 aromatic rings. The number of benzene rings is 1. The van der Waals surface area contributed by atoms with Gasteiger partial charge >= 0.3 is 11.9 Å². The van der Waals surface area contributed by atoms with E-state index in [4.69, 9.17) is 26.5 Å². The Balaban J connectivity index is 1.63. The molecule has 2 atom stereocenters. The number of hydrogen-bond acceptors (Lipinski definition) is 6. The summed E-state index contributed by atoms with van der Waals surface area (Å²) in [6.07, 6.45) is 3.64. The molecule has 0 radical (unpaired) electrons. The van der Waals surface area contributed by atoms with Gasteiger partial charge in [-0.1, -0.05) is 48.6 Å². The largest absolute Gasteiger partial charge is 0.448 e. The van der Waals surface area contributed by atoms with Crippen molar-refractivity contribution >= 4 is 24.2 Å². The molecule has 1 saturated heterocycles. The van der Waals surface area contributed by atoms with Crippen LogP contribution >= 0.6 is 12.2 Å². The van der Waals surface area contributed by atoms with Crippen LogP contribution in [0.25, 0.3) is 0 Å². The lowest BCUT2D eigenvalue weighted by Gasteiger charge is -2.39. The topological polar surface area (TPSA) is 66.8 Å². The fraction of sp³-hybridized carbons (Fsp3) is 0.381. The van der Waals surface area contributed by atoms with Crippen LogP contribution in [-0.2, 0) is 19.1 Å². The zero-order chi connectivity index (χ0) is 20.1. The van der Waals surface area contributed by atoms with Gasteiger partial charge in [0.25, 0.3) is 0 Å². The minimum Gasteiger partial charge on any atom is -0.448 e. The maximum absolute atomic E-state index is 12.3. The van der Waals surface area contributed by atoms with Crippen molar-refractivity contribution in [1.82, 2.24) is 4.73 Å². The third kappa shape index (κ3) is 4.85. The van der Waals surface area contributed by atoms with E-state index < -0.39 is 17.5 Å². The molecule has 0 amide bonds. The number of pyridine rings is 1. The highest BCUT2D eigenvalue weighted by Gasteiger charge is 2.40. The van der Waals surface area contributed by atoms with E-state index in [0.29, 0.717) is 0 Å². The summed E-state index contributed by atoms with van der Waals surface area (Å²) in [5, 5.41) is 0. The van der Waals surface area contributed by atoms with Crippen LogP contribution in [0.4, 0.5) is 0 Å². The number of rotatable bonds is 4. The monoisotopic (exact) mass is 401 g/mol. The van der Waals surface area contributed by atoms with E-state index in [1.807, 2.05) is 30.3 Å². The molecule has 2 heterocycles. The average molecular weight is 401 g/mol. The maximum Gasteiger partial charge on any atom is 0.442 e.